The molecule has 1 unspecified atom stereocenters. The van der Waals surface area contributed by atoms with Gasteiger partial charge in [0.2, 0.25) is 0 Å². The van der Waals surface area contributed by atoms with Crippen LogP contribution in [0.1, 0.15) is 18.1 Å². The molecular formula is C17H12BrF2NO2. The highest BCUT2D eigenvalue weighted by Gasteiger charge is 2.39. The van der Waals surface area contributed by atoms with E-state index in [4.69, 9.17) is 0 Å². The number of rotatable bonds is 3. The second-order valence-electron chi connectivity index (χ2n) is 5.45. The third kappa shape index (κ3) is 2.43. The zero-order valence-corrected chi connectivity index (χ0v) is 13.6. The maximum absolute atomic E-state index is 14.0. The maximum Gasteiger partial charge on any atom is 0.318 e. The molecule has 0 amide bonds. The minimum Gasteiger partial charge on any atom is -0.480 e. The maximum atomic E-state index is 14.0. The zero-order chi connectivity index (χ0) is 16.8. The van der Waals surface area contributed by atoms with Crippen molar-refractivity contribution >= 4 is 32.8 Å². The average Bonchev–Trinajstić information content (AvgIpc) is 2.91. The predicted octanol–water partition coefficient (Wildman–Crippen LogP) is 4.60. The number of carbonyl (C=O) groups is 1. The van der Waals surface area contributed by atoms with Gasteiger partial charge in [0, 0.05) is 16.1 Å². The SMILES string of the molecule is CC(C(=O)O)(c1ccc(F)cc1)c1c[nH]c2c(F)cc(Br)cc12. The summed E-state index contributed by atoms with van der Waals surface area (Å²) in [5, 5.41) is 10.3. The van der Waals surface area contributed by atoms with E-state index < -0.39 is 23.0 Å². The summed E-state index contributed by atoms with van der Waals surface area (Å²) < 4.78 is 27.7. The van der Waals surface area contributed by atoms with E-state index in [2.05, 4.69) is 20.9 Å². The molecule has 0 radical (unpaired) electrons. The number of hydrogen-bond donors (Lipinski definition) is 2. The van der Waals surface area contributed by atoms with Gasteiger partial charge in [-0.05, 0) is 42.3 Å². The molecule has 2 aromatic carbocycles. The summed E-state index contributed by atoms with van der Waals surface area (Å²) in [6.07, 6.45) is 1.48. The summed E-state index contributed by atoms with van der Waals surface area (Å²) in [6, 6.07) is 8.24. The number of fused-ring (bicyclic) bond motifs is 1. The molecule has 0 saturated carbocycles. The van der Waals surface area contributed by atoms with Crippen molar-refractivity contribution in [3.05, 3.63) is 69.8 Å². The van der Waals surface area contributed by atoms with Crippen molar-refractivity contribution in [2.75, 3.05) is 0 Å². The van der Waals surface area contributed by atoms with Gasteiger partial charge in [-0.15, -0.1) is 0 Å². The van der Waals surface area contributed by atoms with Crippen LogP contribution in [0, 0.1) is 11.6 Å². The molecule has 1 aromatic heterocycles. The molecular weight excluding hydrogens is 368 g/mol. The Morgan fingerprint density at radius 1 is 1.22 bits per heavy atom. The molecule has 0 saturated heterocycles. The van der Waals surface area contributed by atoms with Crippen molar-refractivity contribution in [2.45, 2.75) is 12.3 Å². The van der Waals surface area contributed by atoms with Crippen LogP contribution in [0.25, 0.3) is 10.9 Å². The van der Waals surface area contributed by atoms with Crippen LogP contribution < -0.4 is 0 Å². The predicted molar refractivity (Wildman–Crippen MR) is 86.4 cm³/mol. The first-order chi connectivity index (χ1) is 10.8. The first kappa shape index (κ1) is 15.7. The van der Waals surface area contributed by atoms with Gasteiger partial charge in [-0.25, -0.2) is 8.78 Å². The molecule has 118 valence electrons. The lowest BCUT2D eigenvalue weighted by molar-refractivity contribution is -0.141. The fourth-order valence-electron chi connectivity index (χ4n) is 2.75. The number of benzene rings is 2. The van der Waals surface area contributed by atoms with Gasteiger partial charge in [0.05, 0.1) is 5.52 Å². The quantitative estimate of drug-likeness (QED) is 0.698. The Hall–Kier alpha value is -2.21. The fourth-order valence-corrected chi connectivity index (χ4v) is 3.18. The van der Waals surface area contributed by atoms with Crippen LogP contribution in [0.5, 0.6) is 0 Å². The van der Waals surface area contributed by atoms with E-state index in [0.29, 0.717) is 21.0 Å². The van der Waals surface area contributed by atoms with Crippen LogP contribution in [-0.2, 0) is 10.2 Å². The molecule has 3 aromatic rings. The topological polar surface area (TPSA) is 53.1 Å². The second kappa shape index (κ2) is 5.45. The first-order valence-electron chi connectivity index (χ1n) is 6.80. The number of nitrogens with one attached hydrogen (secondary N) is 1. The molecule has 6 heteroatoms. The zero-order valence-electron chi connectivity index (χ0n) is 12.0. The molecule has 3 rings (SSSR count). The Bertz CT molecular complexity index is 905. The highest BCUT2D eigenvalue weighted by molar-refractivity contribution is 9.10. The summed E-state index contributed by atoms with van der Waals surface area (Å²) in [4.78, 5) is 14.8. The largest absolute Gasteiger partial charge is 0.480 e. The first-order valence-corrected chi connectivity index (χ1v) is 7.59. The van der Waals surface area contributed by atoms with Crippen LogP contribution in [0.4, 0.5) is 8.78 Å². The van der Waals surface area contributed by atoms with Crippen LogP contribution in [-0.4, -0.2) is 16.1 Å². The Labute approximate surface area is 139 Å². The van der Waals surface area contributed by atoms with Crippen molar-refractivity contribution < 1.29 is 18.7 Å². The van der Waals surface area contributed by atoms with Crippen LogP contribution in [0.3, 0.4) is 0 Å². The lowest BCUT2D eigenvalue weighted by Gasteiger charge is -2.25. The van der Waals surface area contributed by atoms with Gasteiger partial charge < -0.3 is 10.1 Å². The van der Waals surface area contributed by atoms with Gasteiger partial charge in [-0.3, -0.25) is 4.79 Å². The second-order valence-corrected chi connectivity index (χ2v) is 6.37. The molecule has 23 heavy (non-hydrogen) atoms. The molecule has 0 aliphatic rings. The number of H-pyrrole nitrogens is 1. The minimum atomic E-state index is -1.45. The van der Waals surface area contributed by atoms with E-state index in [1.807, 2.05) is 0 Å². The van der Waals surface area contributed by atoms with Crippen LogP contribution in [0.2, 0.25) is 0 Å². The van der Waals surface area contributed by atoms with Crippen molar-refractivity contribution in [3.63, 3.8) is 0 Å². The summed E-state index contributed by atoms with van der Waals surface area (Å²) in [5.41, 5.74) is -0.392. The number of halogens is 3. The Morgan fingerprint density at radius 2 is 1.87 bits per heavy atom. The summed E-state index contributed by atoms with van der Waals surface area (Å²) >= 11 is 3.22. The van der Waals surface area contributed by atoms with Crippen molar-refractivity contribution in [1.29, 1.82) is 0 Å². The molecule has 1 atom stereocenters. The Balaban J connectivity index is 2.31. The fraction of sp³-hybridized carbons (Fsp3) is 0.118. The number of carboxylic acids is 1. The van der Waals surface area contributed by atoms with E-state index >= 15 is 0 Å². The van der Waals surface area contributed by atoms with Gasteiger partial charge in [0.1, 0.15) is 17.0 Å². The molecule has 3 nitrogen and oxygen atoms in total. The smallest absolute Gasteiger partial charge is 0.318 e. The summed E-state index contributed by atoms with van der Waals surface area (Å²) in [5.74, 6) is -2.04. The number of hydrogen-bond acceptors (Lipinski definition) is 1. The highest BCUT2D eigenvalue weighted by atomic mass is 79.9. The normalized spacial score (nSPS) is 13.9. The molecule has 0 fully saturated rings. The molecule has 0 aliphatic heterocycles. The third-order valence-electron chi connectivity index (χ3n) is 4.09. The Kier molecular flexibility index (Phi) is 3.72. The van der Waals surface area contributed by atoms with Gasteiger partial charge in [-0.1, -0.05) is 28.1 Å². The molecule has 0 spiro atoms. The van der Waals surface area contributed by atoms with Crippen LogP contribution in [0.15, 0.2) is 47.1 Å². The molecule has 2 N–H and O–H groups in total. The molecule has 0 aliphatic carbocycles. The third-order valence-corrected chi connectivity index (χ3v) is 4.55. The average molecular weight is 380 g/mol. The monoisotopic (exact) mass is 379 g/mol. The van der Waals surface area contributed by atoms with Crippen molar-refractivity contribution in [3.8, 4) is 0 Å². The lowest BCUT2D eigenvalue weighted by atomic mass is 9.76. The van der Waals surface area contributed by atoms with E-state index in [1.54, 1.807) is 6.07 Å². The van der Waals surface area contributed by atoms with Crippen molar-refractivity contribution in [1.82, 2.24) is 4.98 Å². The summed E-state index contributed by atoms with van der Waals surface area (Å²) in [7, 11) is 0. The van der Waals surface area contributed by atoms with Gasteiger partial charge in [0.25, 0.3) is 0 Å². The number of aliphatic carboxylic acids is 1. The standard InChI is InChI=1S/C17H12BrF2NO2/c1-17(16(22)23,9-2-4-11(19)5-3-9)13-8-21-15-12(13)6-10(18)7-14(15)20/h2-8,21H,1H3,(H,22,23). The van der Waals surface area contributed by atoms with E-state index in [9.17, 15) is 18.7 Å². The minimum absolute atomic E-state index is 0.234. The van der Waals surface area contributed by atoms with Gasteiger partial charge in [-0.2, -0.15) is 0 Å². The number of aromatic amines is 1. The van der Waals surface area contributed by atoms with Crippen LogP contribution >= 0.6 is 15.9 Å². The van der Waals surface area contributed by atoms with E-state index in [-0.39, 0.29) is 5.52 Å². The summed E-state index contributed by atoms with van der Waals surface area (Å²) in [6.45, 7) is 1.52. The van der Waals surface area contributed by atoms with E-state index in [1.165, 1.54) is 43.5 Å². The van der Waals surface area contributed by atoms with Crippen molar-refractivity contribution in [2.24, 2.45) is 0 Å². The van der Waals surface area contributed by atoms with Gasteiger partial charge >= 0.3 is 5.97 Å². The number of aromatic nitrogens is 1. The van der Waals surface area contributed by atoms with Gasteiger partial charge in [0.15, 0.2) is 0 Å². The Morgan fingerprint density at radius 3 is 2.48 bits per heavy atom. The van der Waals surface area contributed by atoms with E-state index in [0.717, 1.165) is 0 Å². The molecule has 0 bridgehead atoms. The number of carboxylic acid groups (broad SMARTS) is 1. The lowest BCUT2D eigenvalue weighted by Crippen LogP contribution is -2.33. The highest BCUT2D eigenvalue weighted by Crippen LogP contribution is 2.38. The molecule has 1 heterocycles.